The Morgan fingerprint density at radius 2 is 2.12 bits per heavy atom. The van der Waals surface area contributed by atoms with Crippen LogP contribution in [0.5, 0.6) is 0 Å². The number of likely N-dealkylation sites (tertiary alicyclic amines) is 1. The number of nitrogens with one attached hydrogen (secondary N) is 1. The fraction of sp³-hybridized carbons (Fsp3) is 0.500. The van der Waals surface area contributed by atoms with E-state index in [2.05, 4.69) is 27.0 Å². The molecule has 0 saturated carbocycles. The molecule has 4 heterocycles. The highest BCUT2D eigenvalue weighted by atomic mass is 16.2. The number of aryl methyl sites for hydroxylation is 1. The van der Waals surface area contributed by atoms with Crippen LogP contribution in [-0.2, 0) is 0 Å². The molecule has 0 radical (unpaired) electrons. The molecule has 2 fully saturated rings. The molecule has 0 bridgehead atoms. The standard InChI is InChI=1S/C18H23N5O/c1-13-11-20-21-17(13)15-5-9-23(12-15)18(24)14-4-6-19-16(10-14)22-7-2-3-8-22/h4,6,10-11,15H,2-3,5,7-9,12H2,1H3,(H,20,21). The zero-order valence-electron chi connectivity index (χ0n) is 14.0. The topological polar surface area (TPSA) is 65.1 Å². The van der Waals surface area contributed by atoms with Crippen molar-refractivity contribution in [1.82, 2.24) is 20.1 Å². The van der Waals surface area contributed by atoms with Gasteiger partial charge in [-0.05, 0) is 43.9 Å². The van der Waals surface area contributed by atoms with Gasteiger partial charge < -0.3 is 9.80 Å². The minimum Gasteiger partial charge on any atom is -0.357 e. The first-order valence-corrected chi connectivity index (χ1v) is 8.72. The number of rotatable bonds is 3. The zero-order valence-corrected chi connectivity index (χ0v) is 14.0. The number of pyridine rings is 1. The third-order valence-corrected chi connectivity index (χ3v) is 5.17. The van der Waals surface area contributed by atoms with Gasteiger partial charge >= 0.3 is 0 Å². The van der Waals surface area contributed by atoms with Crippen LogP contribution in [-0.4, -0.2) is 52.2 Å². The summed E-state index contributed by atoms with van der Waals surface area (Å²) in [4.78, 5) is 21.5. The van der Waals surface area contributed by atoms with Gasteiger partial charge in [0.05, 0.1) is 6.20 Å². The summed E-state index contributed by atoms with van der Waals surface area (Å²) < 4.78 is 0. The molecule has 2 aromatic rings. The predicted octanol–water partition coefficient (Wildman–Crippen LogP) is 2.34. The van der Waals surface area contributed by atoms with Crippen LogP contribution in [0.25, 0.3) is 0 Å². The van der Waals surface area contributed by atoms with E-state index >= 15 is 0 Å². The molecule has 0 spiro atoms. The largest absolute Gasteiger partial charge is 0.357 e. The number of nitrogens with zero attached hydrogens (tertiary/aromatic N) is 4. The molecule has 1 N–H and O–H groups in total. The average molecular weight is 325 g/mol. The van der Waals surface area contributed by atoms with E-state index in [0.29, 0.717) is 5.92 Å². The number of H-pyrrole nitrogens is 1. The summed E-state index contributed by atoms with van der Waals surface area (Å²) in [5, 5.41) is 7.20. The van der Waals surface area contributed by atoms with Crippen LogP contribution in [0.15, 0.2) is 24.5 Å². The van der Waals surface area contributed by atoms with Gasteiger partial charge in [0.2, 0.25) is 0 Å². The fourth-order valence-corrected chi connectivity index (χ4v) is 3.80. The van der Waals surface area contributed by atoms with E-state index in [1.165, 1.54) is 18.4 Å². The van der Waals surface area contributed by atoms with Crippen LogP contribution in [0.1, 0.15) is 46.8 Å². The number of hydrogen-bond donors (Lipinski definition) is 1. The Morgan fingerprint density at radius 1 is 1.29 bits per heavy atom. The second kappa shape index (κ2) is 6.26. The first kappa shape index (κ1) is 15.2. The average Bonchev–Trinajstić information content (AvgIpc) is 3.35. The molecule has 1 amide bonds. The van der Waals surface area contributed by atoms with E-state index in [1.807, 2.05) is 23.2 Å². The van der Waals surface area contributed by atoms with E-state index in [-0.39, 0.29) is 5.91 Å². The zero-order chi connectivity index (χ0) is 16.5. The first-order chi connectivity index (χ1) is 11.7. The van der Waals surface area contributed by atoms with E-state index in [4.69, 9.17) is 0 Å². The highest BCUT2D eigenvalue weighted by Gasteiger charge is 2.30. The molecule has 2 aliphatic heterocycles. The Bertz CT molecular complexity index is 735. The minimum atomic E-state index is 0.109. The molecule has 126 valence electrons. The number of aromatic nitrogens is 3. The molecule has 24 heavy (non-hydrogen) atoms. The van der Waals surface area contributed by atoms with Gasteiger partial charge in [0.15, 0.2) is 0 Å². The maximum Gasteiger partial charge on any atom is 0.254 e. The van der Waals surface area contributed by atoms with Crippen LogP contribution in [0, 0.1) is 6.92 Å². The molecular formula is C18H23N5O. The summed E-state index contributed by atoms with van der Waals surface area (Å²) in [6.07, 6.45) is 7.01. The van der Waals surface area contributed by atoms with Crippen molar-refractivity contribution >= 4 is 11.7 Å². The molecule has 0 aromatic carbocycles. The maximum atomic E-state index is 12.9. The van der Waals surface area contributed by atoms with Crippen molar-refractivity contribution in [3.05, 3.63) is 41.3 Å². The fourth-order valence-electron chi connectivity index (χ4n) is 3.80. The van der Waals surface area contributed by atoms with E-state index in [0.717, 1.165) is 49.7 Å². The highest BCUT2D eigenvalue weighted by Crippen LogP contribution is 2.29. The summed E-state index contributed by atoms with van der Waals surface area (Å²) in [5.74, 6) is 1.40. The number of hydrogen-bond acceptors (Lipinski definition) is 4. The van der Waals surface area contributed by atoms with Gasteiger partial charge in [0.1, 0.15) is 5.82 Å². The lowest BCUT2D eigenvalue weighted by molar-refractivity contribution is 0.0790. The molecule has 1 unspecified atom stereocenters. The first-order valence-electron chi connectivity index (χ1n) is 8.72. The lowest BCUT2D eigenvalue weighted by Gasteiger charge is -2.19. The van der Waals surface area contributed by atoms with E-state index in [1.54, 1.807) is 6.20 Å². The number of anilines is 1. The van der Waals surface area contributed by atoms with Gasteiger partial charge in [-0.15, -0.1) is 0 Å². The SMILES string of the molecule is Cc1cn[nH]c1C1CCN(C(=O)c2ccnc(N3CCCC3)c2)C1. The van der Waals surface area contributed by atoms with Crippen molar-refractivity contribution in [1.29, 1.82) is 0 Å². The number of amides is 1. The van der Waals surface area contributed by atoms with Crippen molar-refractivity contribution in [3.8, 4) is 0 Å². The van der Waals surface area contributed by atoms with Crippen LogP contribution in [0.3, 0.4) is 0 Å². The van der Waals surface area contributed by atoms with Crippen LogP contribution < -0.4 is 4.90 Å². The van der Waals surface area contributed by atoms with Crippen molar-refractivity contribution in [2.45, 2.75) is 32.1 Å². The van der Waals surface area contributed by atoms with Crippen LogP contribution in [0.2, 0.25) is 0 Å². The molecule has 0 aliphatic carbocycles. The summed E-state index contributed by atoms with van der Waals surface area (Å²) in [5.41, 5.74) is 3.08. The molecule has 6 heteroatoms. The molecular weight excluding hydrogens is 302 g/mol. The van der Waals surface area contributed by atoms with Gasteiger partial charge in [-0.3, -0.25) is 9.89 Å². The predicted molar refractivity (Wildman–Crippen MR) is 92.3 cm³/mol. The Hall–Kier alpha value is -2.37. The summed E-state index contributed by atoms with van der Waals surface area (Å²) >= 11 is 0. The van der Waals surface area contributed by atoms with Crippen LogP contribution in [0.4, 0.5) is 5.82 Å². The second-order valence-electron chi connectivity index (χ2n) is 6.80. The quantitative estimate of drug-likeness (QED) is 0.941. The van der Waals surface area contributed by atoms with E-state index in [9.17, 15) is 4.79 Å². The number of aromatic amines is 1. The lowest BCUT2D eigenvalue weighted by Crippen LogP contribution is -2.29. The summed E-state index contributed by atoms with van der Waals surface area (Å²) in [6, 6.07) is 3.78. The molecule has 2 aliphatic rings. The summed E-state index contributed by atoms with van der Waals surface area (Å²) in [6.45, 7) is 5.69. The monoisotopic (exact) mass is 325 g/mol. The lowest BCUT2D eigenvalue weighted by atomic mass is 10.0. The maximum absolute atomic E-state index is 12.9. The number of carbonyl (C=O) groups excluding carboxylic acids is 1. The third-order valence-electron chi connectivity index (χ3n) is 5.17. The van der Waals surface area contributed by atoms with Gasteiger partial charge in [-0.1, -0.05) is 0 Å². The van der Waals surface area contributed by atoms with Gasteiger partial charge in [-0.2, -0.15) is 5.10 Å². The molecule has 2 aromatic heterocycles. The molecule has 4 rings (SSSR count). The van der Waals surface area contributed by atoms with Crippen LogP contribution >= 0.6 is 0 Å². The van der Waals surface area contributed by atoms with E-state index < -0.39 is 0 Å². The van der Waals surface area contributed by atoms with Crippen molar-refractivity contribution in [2.24, 2.45) is 0 Å². The molecule has 6 nitrogen and oxygen atoms in total. The van der Waals surface area contributed by atoms with Gasteiger partial charge in [0.25, 0.3) is 5.91 Å². The highest BCUT2D eigenvalue weighted by molar-refractivity contribution is 5.95. The minimum absolute atomic E-state index is 0.109. The van der Waals surface area contributed by atoms with Gasteiger partial charge in [-0.25, -0.2) is 4.98 Å². The molecule has 1 atom stereocenters. The smallest absolute Gasteiger partial charge is 0.254 e. The number of carbonyl (C=O) groups is 1. The van der Waals surface area contributed by atoms with Crippen molar-refractivity contribution < 1.29 is 4.79 Å². The Balaban J connectivity index is 1.48. The third kappa shape index (κ3) is 2.77. The summed E-state index contributed by atoms with van der Waals surface area (Å²) in [7, 11) is 0. The normalized spacial score (nSPS) is 20.8. The Morgan fingerprint density at radius 3 is 2.88 bits per heavy atom. The van der Waals surface area contributed by atoms with Gasteiger partial charge in [0, 0.05) is 49.6 Å². The van der Waals surface area contributed by atoms with Crippen molar-refractivity contribution in [2.75, 3.05) is 31.1 Å². The Labute approximate surface area is 141 Å². The second-order valence-corrected chi connectivity index (χ2v) is 6.80. The molecule has 2 saturated heterocycles. The van der Waals surface area contributed by atoms with Crippen molar-refractivity contribution in [3.63, 3.8) is 0 Å². The Kier molecular flexibility index (Phi) is 3.96.